The molecule has 0 aliphatic carbocycles. The molecule has 1 aliphatic rings. The van der Waals surface area contributed by atoms with Crippen molar-refractivity contribution < 1.29 is 19.1 Å². The maximum Gasteiger partial charge on any atom is 0.409 e. The van der Waals surface area contributed by atoms with Crippen LogP contribution in [0, 0.1) is 5.41 Å². The van der Waals surface area contributed by atoms with Crippen molar-refractivity contribution in [1.29, 1.82) is 0 Å². The first-order valence-electron chi connectivity index (χ1n) is 8.22. The molecule has 3 amide bonds. The van der Waals surface area contributed by atoms with E-state index in [-0.39, 0.29) is 30.0 Å². The summed E-state index contributed by atoms with van der Waals surface area (Å²) in [4.78, 5) is 37.8. The summed E-state index contributed by atoms with van der Waals surface area (Å²) in [6.07, 6.45) is 1.01. The number of ether oxygens (including phenoxy) is 1. The molecule has 1 heterocycles. The summed E-state index contributed by atoms with van der Waals surface area (Å²) in [5.74, 6) is -0.570. The van der Waals surface area contributed by atoms with Crippen molar-refractivity contribution in [2.45, 2.75) is 59.5 Å². The van der Waals surface area contributed by atoms with Gasteiger partial charge in [0, 0.05) is 25.2 Å². The van der Waals surface area contributed by atoms with Gasteiger partial charge >= 0.3 is 6.09 Å². The summed E-state index contributed by atoms with van der Waals surface area (Å²) in [5, 5.41) is 5.69. The predicted molar refractivity (Wildman–Crippen MR) is 86.8 cm³/mol. The predicted octanol–water partition coefficient (Wildman–Crippen LogP) is 1.27. The Labute approximate surface area is 138 Å². The van der Waals surface area contributed by atoms with Crippen molar-refractivity contribution in [3.8, 4) is 0 Å². The number of likely N-dealkylation sites (tertiary alicyclic amines) is 1. The molecule has 0 radical (unpaired) electrons. The summed E-state index contributed by atoms with van der Waals surface area (Å²) in [5.41, 5.74) is -1.12. The van der Waals surface area contributed by atoms with E-state index in [4.69, 9.17) is 4.74 Å². The lowest BCUT2D eigenvalue weighted by Crippen LogP contribution is -2.54. The second-order valence-corrected chi connectivity index (χ2v) is 6.69. The Kier molecular flexibility index (Phi) is 6.84. The molecular weight excluding hydrogens is 298 g/mol. The van der Waals surface area contributed by atoms with Gasteiger partial charge in [0.25, 0.3) is 0 Å². The average Bonchev–Trinajstić information content (AvgIpc) is 2.47. The number of hydrogen-bond acceptors (Lipinski definition) is 4. The van der Waals surface area contributed by atoms with Crippen LogP contribution in [0.25, 0.3) is 0 Å². The monoisotopic (exact) mass is 327 g/mol. The van der Waals surface area contributed by atoms with Crippen LogP contribution >= 0.6 is 0 Å². The largest absolute Gasteiger partial charge is 0.450 e. The first kappa shape index (κ1) is 19.3. The van der Waals surface area contributed by atoms with E-state index < -0.39 is 5.41 Å². The number of piperidine rings is 1. The van der Waals surface area contributed by atoms with Crippen LogP contribution in [0.4, 0.5) is 4.79 Å². The number of rotatable bonds is 5. The number of carbonyl (C=O) groups excluding carboxylic acids is 3. The summed E-state index contributed by atoms with van der Waals surface area (Å²) >= 11 is 0. The van der Waals surface area contributed by atoms with E-state index in [1.807, 2.05) is 13.8 Å². The highest BCUT2D eigenvalue weighted by atomic mass is 16.6. The molecule has 0 saturated carbocycles. The Bertz CT molecular complexity index is 441. The first-order chi connectivity index (χ1) is 10.7. The third-order valence-corrected chi connectivity index (χ3v) is 3.91. The van der Waals surface area contributed by atoms with Crippen LogP contribution in [-0.4, -0.2) is 54.6 Å². The smallest absolute Gasteiger partial charge is 0.409 e. The zero-order valence-corrected chi connectivity index (χ0v) is 14.8. The van der Waals surface area contributed by atoms with Gasteiger partial charge in [-0.05, 0) is 47.5 Å². The van der Waals surface area contributed by atoms with Crippen LogP contribution in [0.5, 0.6) is 0 Å². The lowest BCUT2D eigenvalue weighted by Gasteiger charge is -2.33. The molecule has 1 aliphatic heterocycles. The van der Waals surface area contributed by atoms with E-state index in [2.05, 4.69) is 10.6 Å². The number of nitrogens with one attached hydrogen (secondary N) is 2. The van der Waals surface area contributed by atoms with Crippen molar-refractivity contribution >= 4 is 17.9 Å². The molecule has 0 aromatic rings. The van der Waals surface area contributed by atoms with E-state index >= 15 is 0 Å². The number of amides is 3. The molecule has 0 aromatic heterocycles. The molecule has 7 nitrogen and oxygen atoms in total. The Hall–Kier alpha value is -1.79. The number of hydrogen-bond donors (Lipinski definition) is 2. The van der Waals surface area contributed by atoms with Gasteiger partial charge in [-0.25, -0.2) is 4.79 Å². The van der Waals surface area contributed by atoms with E-state index in [1.165, 1.54) is 0 Å². The van der Waals surface area contributed by atoms with Crippen LogP contribution in [0.2, 0.25) is 0 Å². The van der Waals surface area contributed by atoms with Crippen LogP contribution < -0.4 is 10.6 Å². The number of carbonyl (C=O) groups is 3. The van der Waals surface area contributed by atoms with Crippen LogP contribution in [0.15, 0.2) is 0 Å². The summed E-state index contributed by atoms with van der Waals surface area (Å²) in [6, 6.07) is -0.0401. The zero-order valence-electron chi connectivity index (χ0n) is 14.8. The Morgan fingerprint density at radius 1 is 1.17 bits per heavy atom. The van der Waals surface area contributed by atoms with Gasteiger partial charge in [0.15, 0.2) is 0 Å². The van der Waals surface area contributed by atoms with Gasteiger partial charge in [-0.3, -0.25) is 9.59 Å². The highest BCUT2D eigenvalue weighted by Crippen LogP contribution is 2.18. The highest BCUT2D eigenvalue weighted by molar-refractivity contribution is 6.04. The fourth-order valence-corrected chi connectivity index (χ4v) is 2.33. The maximum atomic E-state index is 12.4. The van der Waals surface area contributed by atoms with Gasteiger partial charge in [0.2, 0.25) is 11.8 Å². The molecule has 0 unspecified atom stereocenters. The second kappa shape index (κ2) is 8.17. The van der Waals surface area contributed by atoms with Gasteiger partial charge < -0.3 is 20.3 Å². The van der Waals surface area contributed by atoms with Crippen LogP contribution in [0.1, 0.15) is 47.5 Å². The molecule has 0 aromatic carbocycles. The standard InChI is InChI=1S/C16H29N3O4/c1-6-23-15(22)19-9-7-12(8-10-19)18-14(21)16(4,5)13(20)17-11(2)3/h11-12H,6-10H2,1-5H3,(H,17,20)(H,18,21). The van der Waals surface area contributed by atoms with Gasteiger partial charge in [0.05, 0.1) is 6.61 Å². The summed E-state index contributed by atoms with van der Waals surface area (Å²) < 4.78 is 4.97. The Morgan fingerprint density at radius 2 is 1.74 bits per heavy atom. The van der Waals surface area contributed by atoms with Gasteiger partial charge in [0.1, 0.15) is 5.41 Å². The third-order valence-electron chi connectivity index (χ3n) is 3.91. The minimum atomic E-state index is -1.12. The maximum absolute atomic E-state index is 12.4. The van der Waals surface area contributed by atoms with Crippen molar-refractivity contribution in [3.63, 3.8) is 0 Å². The Morgan fingerprint density at radius 3 is 2.22 bits per heavy atom. The van der Waals surface area contributed by atoms with Gasteiger partial charge in [-0.15, -0.1) is 0 Å². The zero-order chi connectivity index (χ0) is 17.6. The van der Waals surface area contributed by atoms with Gasteiger partial charge in [-0.2, -0.15) is 0 Å². The van der Waals surface area contributed by atoms with Crippen molar-refractivity contribution in [1.82, 2.24) is 15.5 Å². The lowest BCUT2D eigenvalue weighted by molar-refractivity contribution is -0.142. The van der Waals surface area contributed by atoms with E-state index in [0.717, 1.165) is 0 Å². The van der Waals surface area contributed by atoms with E-state index in [0.29, 0.717) is 32.5 Å². The molecule has 132 valence electrons. The van der Waals surface area contributed by atoms with Crippen molar-refractivity contribution in [2.75, 3.05) is 19.7 Å². The Balaban J connectivity index is 2.50. The third kappa shape index (κ3) is 5.41. The first-order valence-corrected chi connectivity index (χ1v) is 8.22. The quantitative estimate of drug-likeness (QED) is 0.745. The SMILES string of the molecule is CCOC(=O)N1CCC(NC(=O)C(C)(C)C(=O)NC(C)C)CC1. The molecule has 7 heteroatoms. The molecule has 1 saturated heterocycles. The number of nitrogens with zero attached hydrogens (tertiary/aromatic N) is 1. The lowest BCUT2D eigenvalue weighted by atomic mass is 9.89. The van der Waals surface area contributed by atoms with Crippen molar-refractivity contribution in [3.05, 3.63) is 0 Å². The van der Waals surface area contributed by atoms with Crippen LogP contribution in [-0.2, 0) is 14.3 Å². The fourth-order valence-electron chi connectivity index (χ4n) is 2.33. The summed E-state index contributed by atoms with van der Waals surface area (Å²) in [7, 11) is 0. The molecule has 1 rings (SSSR count). The average molecular weight is 327 g/mol. The van der Waals surface area contributed by atoms with Crippen LogP contribution in [0.3, 0.4) is 0 Å². The van der Waals surface area contributed by atoms with Gasteiger partial charge in [-0.1, -0.05) is 0 Å². The molecule has 0 spiro atoms. The summed E-state index contributed by atoms with van der Waals surface area (Å²) in [6.45, 7) is 10.2. The van der Waals surface area contributed by atoms with E-state index in [9.17, 15) is 14.4 Å². The highest BCUT2D eigenvalue weighted by Gasteiger charge is 2.37. The minimum absolute atomic E-state index is 0.0117. The molecule has 0 atom stereocenters. The molecule has 23 heavy (non-hydrogen) atoms. The fraction of sp³-hybridized carbons (Fsp3) is 0.812. The molecule has 1 fully saturated rings. The topological polar surface area (TPSA) is 87.7 Å². The molecule has 0 bridgehead atoms. The normalized spacial score (nSPS) is 16.2. The van der Waals surface area contributed by atoms with E-state index in [1.54, 1.807) is 25.7 Å². The molecule has 2 N–H and O–H groups in total. The molecular formula is C16H29N3O4. The van der Waals surface area contributed by atoms with Crippen molar-refractivity contribution in [2.24, 2.45) is 5.41 Å². The second-order valence-electron chi connectivity index (χ2n) is 6.69. The minimum Gasteiger partial charge on any atom is -0.450 e.